The van der Waals surface area contributed by atoms with Gasteiger partial charge in [0.1, 0.15) is 5.75 Å². The number of hydrogen-bond acceptors (Lipinski definition) is 7. The number of methoxy groups -OCH3 is 1. The fraction of sp³-hybridized carbons (Fsp3) is 0.300. The van der Waals surface area contributed by atoms with E-state index in [1.807, 2.05) is 0 Å². The number of anilines is 1. The van der Waals surface area contributed by atoms with Crippen molar-refractivity contribution in [2.45, 2.75) is 24.3 Å². The SMILES string of the molecule is COc1ccc(C(=O)N[C@@H]2CCS(=O)(=O)C2)cc1NS(=O)(=O)c1cc(C(=O)O)ccc1C. The van der Waals surface area contributed by atoms with Crippen LogP contribution < -0.4 is 14.8 Å². The Morgan fingerprint density at radius 3 is 2.41 bits per heavy atom. The molecule has 0 aromatic heterocycles. The molecular weight excluding hydrogens is 460 g/mol. The van der Waals surface area contributed by atoms with Crippen LogP contribution in [0, 0.1) is 6.92 Å². The van der Waals surface area contributed by atoms with Gasteiger partial charge < -0.3 is 15.2 Å². The van der Waals surface area contributed by atoms with Gasteiger partial charge in [-0.05, 0) is 49.2 Å². The Hall–Kier alpha value is -3.12. The van der Waals surface area contributed by atoms with Gasteiger partial charge in [-0.1, -0.05) is 6.07 Å². The highest BCUT2D eigenvalue weighted by Crippen LogP contribution is 2.29. The topological polar surface area (TPSA) is 156 Å². The maximum absolute atomic E-state index is 13.0. The molecule has 10 nitrogen and oxygen atoms in total. The molecular formula is C20H22N2O8S2. The number of aryl methyl sites for hydroxylation is 1. The van der Waals surface area contributed by atoms with E-state index in [9.17, 15) is 26.4 Å². The number of benzene rings is 2. The summed E-state index contributed by atoms with van der Waals surface area (Å²) < 4.78 is 56.7. The van der Waals surface area contributed by atoms with Gasteiger partial charge >= 0.3 is 5.97 Å². The van der Waals surface area contributed by atoms with Crippen molar-refractivity contribution in [3.05, 3.63) is 53.1 Å². The fourth-order valence-electron chi connectivity index (χ4n) is 3.33. The lowest BCUT2D eigenvalue weighted by atomic mass is 10.1. The number of amides is 1. The summed E-state index contributed by atoms with van der Waals surface area (Å²) in [5, 5.41) is 11.8. The van der Waals surface area contributed by atoms with Crippen molar-refractivity contribution in [3.8, 4) is 5.75 Å². The van der Waals surface area contributed by atoms with Crippen LogP contribution in [0.1, 0.15) is 32.7 Å². The molecule has 0 spiro atoms. The fourth-order valence-corrected chi connectivity index (χ4v) is 6.34. The Morgan fingerprint density at radius 1 is 1.12 bits per heavy atom. The first-order valence-electron chi connectivity index (χ1n) is 9.48. The van der Waals surface area contributed by atoms with Gasteiger partial charge in [0, 0.05) is 11.6 Å². The number of aromatic carboxylic acids is 1. The molecule has 1 atom stereocenters. The summed E-state index contributed by atoms with van der Waals surface area (Å²) >= 11 is 0. The van der Waals surface area contributed by atoms with Crippen molar-refractivity contribution >= 4 is 37.4 Å². The van der Waals surface area contributed by atoms with Crippen molar-refractivity contribution in [1.82, 2.24) is 5.32 Å². The van der Waals surface area contributed by atoms with E-state index < -0.39 is 37.8 Å². The number of sulfonamides is 1. The second kappa shape index (κ2) is 8.79. The molecule has 2 aromatic carbocycles. The second-order valence-corrected chi connectivity index (χ2v) is 11.3. The number of carbonyl (C=O) groups is 2. The standard InChI is InChI=1S/C20H22N2O8S2/c1-12-3-4-14(20(24)25)10-18(12)32(28,29)22-16-9-13(5-6-17(16)30-2)19(23)21-15-7-8-31(26,27)11-15/h3-6,9-10,15,22H,7-8,11H2,1-2H3,(H,21,23)(H,24,25)/t15-/m1/s1. The number of rotatable bonds is 7. The van der Waals surface area contributed by atoms with Gasteiger partial charge in [0.2, 0.25) is 0 Å². The summed E-state index contributed by atoms with van der Waals surface area (Å²) in [5.41, 5.74) is 0.212. The molecule has 2 aromatic rings. The lowest BCUT2D eigenvalue weighted by Gasteiger charge is -2.16. The minimum absolute atomic E-state index is 0.000363. The number of carboxylic acids is 1. The van der Waals surface area contributed by atoms with E-state index in [-0.39, 0.29) is 39.0 Å². The summed E-state index contributed by atoms with van der Waals surface area (Å²) in [6.07, 6.45) is 0.308. The molecule has 12 heteroatoms. The minimum Gasteiger partial charge on any atom is -0.495 e. The van der Waals surface area contributed by atoms with Gasteiger partial charge in [-0.25, -0.2) is 21.6 Å². The van der Waals surface area contributed by atoms with Crippen molar-refractivity contribution in [3.63, 3.8) is 0 Å². The number of sulfone groups is 1. The second-order valence-electron chi connectivity index (χ2n) is 7.38. The van der Waals surface area contributed by atoms with Gasteiger partial charge in [-0.3, -0.25) is 9.52 Å². The number of carboxylic acid groups (broad SMARTS) is 1. The zero-order valence-corrected chi connectivity index (χ0v) is 18.9. The maximum Gasteiger partial charge on any atom is 0.335 e. The normalized spacial score (nSPS) is 17.5. The van der Waals surface area contributed by atoms with E-state index >= 15 is 0 Å². The summed E-state index contributed by atoms with van der Waals surface area (Å²) in [5.74, 6) is -1.83. The van der Waals surface area contributed by atoms with Crippen LogP contribution in [-0.2, 0) is 19.9 Å². The van der Waals surface area contributed by atoms with Crippen LogP contribution in [0.15, 0.2) is 41.3 Å². The molecule has 1 aliphatic rings. The molecule has 1 heterocycles. The van der Waals surface area contributed by atoms with Crippen LogP contribution in [0.3, 0.4) is 0 Å². The molecule has 0 saturated carbocycles. The van der Waals surface area contributed by atoms with Crippen LogP contribution in [-0.4, -0.2) is 58.5 Å². The average Bonchev–Trinajstić information content (AvgIpc) is 3.05. The highest BCUT2D eigenvalue weighted by molar-refractivity contribution is 7.92. The van der Waals surface area contributed by atoms with Gasteiger partial charge in [0.05, 0.1) is 34.8 Å². The van der Waals surface area contributed by atoms with E-state index in [0.29, 0.717) is 12.0 Å². The zero-order chi connectivity index (χ0) is 23.7. The Bertz CT molecular complexity index is 1290. The summed E-state index contributed by atoms with van der Waals surface area (Å²) in [6.45, 7) is 1.52. The number of hydrogen-bond donors (Lipinski definition) is 3. The molecule has 172 valence electrons. The third-order valence-corrected chi connectivity index (χ3v) is 8.27. The van der Waals surface area contributed by atoms with Crippen LogP contribution in [0.25, 0.3) is 0 Å². The van der Waals surface area contributed by atoms with E-state index in [2.05, 4.69) is 10.0 Å². The molecule has 3 rings (SSSR count). The maximum atomic E-state index is 13.0. The quantitative estimate of drug-likeness (QED) is 0.535. The largest absolute Gasteiger partial charge is 0.495 e. The lowest BCUT2D eigenvalue weighted by molar-refractivity contribution is 0.0696. The lowest BCUT2D eigenvalue weighted by Crippen LogP contribution is -2.35. The molecule has 0 bridgehead atoms. The molecule has 1 saturated heterocycles. The predicted molar refractivity (Wildman–Crippen MR) is 116 cm³/mol. The van der Waals surface area contributed by atoms with Gasteiger partial charge in [-0.2, -0.15) is 0 Å². The van der Waals surface area contributed by atoms with E-state index in [1.54, 1.807) is 0 Å². The molecule has 32 heavy (non-hydrogen) atoms. The number of nitrogens with one attached hydrogen (secondary N) is 2. The smallest absolute Gasteiger partial charge is 0.335 e. The van der Waals surface area contributed by atoms with Gasteiger partial charge in [0.15, 0.2) is 9.84 Å². The molecule has 1 amide bonds. The average molecular weight is 483 g/mol. The molecule has 0 unspecified atom stereocenters. The predicted octanol–water partition coefficient (Wildman–Crippen LogP) is 1.42. The molecule has 3 N–H and O–H groups in total. The van der Waals surface area contributed by atoms with Crippen LogP contribution in [0.5, 0.6) is 5.75 Å². The van der Waals surface area contributed by atoms with Gasteiger partial charge in [0.25, 0.3) is 15.9 Å². The first kappa shape index (κ1) is 23.5. The van der Waals surface area contributed by atoms with E-state index in [0.717, 1.165) is 6.07 Å². The highest BCUT2D eigenvalue weighted by atomic mass is 32.2. The van der Waals surface area contributed by atoms with E-state index in [4.69, 9.17) is 9.84 Å². The van der Waals surface area contributed by atoms with Crippen LogP contribution >= 0.6 is 0 Å². The van der Waals surface area contributed by atoms with Crippen molar-refractivity contribution in [2.24, 2.45) is 0 Å². The summed E-state index contributed by atoms with van der Waals surface area (Å²) in [6, 6.07) is 7.30. The summed E-state index contributed by atoms with van der Waals surface area (Å²) in [4.78, 5) is 23.6. The van der Waals surface area contributed by atoms with Crippen LogP contribution in [0.4, 0.5) is 5.69 Å². The van der Waals surface area contributed by atoms with Crippen molar-refractivity contribution in [1.29, 1.82) is 0 Å². The summed E-state index contributed by atoms with van der Waals surface area (Å²) in [7, 11) is -6.07. The number of ether oxygens (including phenoxy) is 1. The third-order valence-electron chi connectivity index (χ3n) is 5.00. The Labute approximate surface area is 185 Å². The molecule has 1 fully saturated rings. The highest BCUT2D eigenvalue weighted by Gasteiger charge is 2.29. The van der Waals surface area contributed by atoms with Crippen molar-refractivity contribution in [2.75, 3.05) is 23.3 Å². The van der Waals surface area contributed by atoms with Crippen LogP contribution in [0.2, 0.25) is 0 Å². The molecule has 0 radical (unpaired) electrons. The molecule has 1 aliphatic heterocycles. The monoisotopic (exact) mass is 482 g/mol. The molecule has 0 aliphatic carbocycles. The Morgan fingerprint density at radius 2 is 1.81 bits per heavy atom. The first-order chi connectivity index (χ1) is 14.9. The Balaban J connectivity index is 1.90. The third kappa shape index (κ3) is 5.19. The number of carbonyl (C=O) groups excluding carboxylic acids is 1. The van der Waals surface area contributed by atoms with E-state index in [1.165, 1.54) is 44.4 Å². The zero-order valence-electron chi connectivity index (χ0n) is 17.3. The first-order valence-corrected chi connectivity index (χ1v) is 12.8. The Kier molecular flexibility index (Phi) is 6.46. The van der Waals surface area contributed by atoms with Gasteiger partial charge in [-0.15, -0.1) is 0 Å². The van der Waals surface area contributed by atoms with Crippen molar-refractivity contribution < 1.29 is 36.3 Å². The minimum atomic E-state index is -4.22.